The average molecular weight is 301 g/mol. The maximum atomic E-state index is 5.39. The van der Waals surface area contributed by atoms with Crippen molar-refractivity contribution in [3.05, 3.63) is 30.5 Å². The van der Waals surface area contributed by atoms with E-state index in [-0.39, 0.29) is 0 Å². The second kappa shape index (κ2) is 8.59. The van der Waals surface area contributed by atoms with Crippen molar-refractivity contribution < 1.29 is 4.74 Å². The molecule has 2 aromatic rings. The van der Waals surface area contributed by atoms with E-state index in [1.54, 1.807) is 7.11 Å². The number of ether oxygens (including phenoxy) is 1. The fraction of sp³-hybridized carbons (Fsp3) is 0.500. The van der Waals surface area contributed by atoms with Crippen LogP contribution in [-0.4, -0.2) is 31.2 Å². The predicted molar refractivity (Wildman–Crippen MR) is 93.8 cm³/mol. The summed E-state index contributed by atoms with van der Waals surface area (Å²) in [7, 11) is 1.70. The van der Waals surface area contributed by atoms with Crippen molar-refractivity contribution in [1.29, 1.82) is 0 Å². The van der Waals surface area contributed by atoms with Crippen LogP contribution in [0, 0.1) is 0 Å². The highest BCUT2D eigenvalue weighted by Crippen LogP contribution is 2.28. The Morgan fingerprint density at radius 2 is 2.14 bits per heavy atom. The summed E-state index contributed by atoms with van der Waals surface area (Å²) in [5, 5.41) is 8.12. The number of rotatable bonds is 9. The van der Waals surface area contributed by atoms with Gasteiger partial charge in [-0.3, -0.25) is 4.98 Å². The molecule has 22 heavy (non-hydrogen) atoms. The standard InChI is InChI=1S/C18H27N3O/c1-4-9-19-10-5-7-14(2)21-17-13-16(22-3)12-15-8-6-11-20-18(15)17/h6,8,11-14,19,21H,4-5,7,9-10H2,1-3H3/t14-/m1/s1. The lowest BCUT2D eigenvalue weighted by Crippen LogP contribution is -2.20. The molecular formula is C18H27N3O. The van der Waals surface area contributed by atoms with Crippen LogP contribution in [0.4, 0.5) is 5.69 Å². The van der Waals surface area contributed by atoms with Gasteiger partial charge in [0.1, 0.15) is 5.75 Å². The van der Waals surface area contributed by atoms with Gasteiger partial charge in [0.25, 0.3) is 0 Å². The molecule has 0 aliphatic heterocycles. The molecule has 0 saturated heterocycles. The Bertz CT molecular complexity index is 586. The third-order valence-corrected chi connectivity index (χ3v) is 3.73. The molecule has 120 valence electrons. The summed E-state index contributed by atoms with van der Waals surface area (Å²) in [4.78, 5) is 4.50. The van der Waals surface area contributed by atoms with Gasteiger partial charge in [-0.1, -0.05) is 13.0 Å². The summed E-state index contributed by atoms with van der Waals surface area (Å²) in [6.07, 6.45) is 5.32. The first-order valence-corrected chi connectivity index (χ1v) is 8.14. The third kappa shape index (κ3) is 4.60. The van der Waals surface area contributed by atoms with Gasteiger partial charge in [0.2, 0.25) is 0 Å². The zero-order chi connectivity index (χ0) is 15.8. The van der Waals surface area contributed by atoms with Crippen LogP contribution >= 0.6 is 0 Å². The number of anilines is 1. The Hall–Kier alpha value is -1.81. The van der Waals surface area contributed by atoms with Gasteiger partial charge in [0.05, 0.1) is 18.3 Å². The summed E-state index contributed by atoms with van der Waals surface area (Å²) in [6, 6.07) is 8.47. The minimum atomic E-state index is 0.403. The van der Waals surface area contributed by atoms with Crippen LogP contribution in [0.15, 0.2) is 30.5 Å². The van der Waals surface area contributed by atoms with Crippen molar-refractivity contribution >= 4 is 16.6 Å². The Morgan fingerprint density at radius 1 is 1.27 bits per heavy atom. The molecule has 0 fully saturated rings. The fourth-order valence-corrected chi connectivity index (χ4v) is 2.57. The monoisotopic (exact) mass is 301 g/mol. The lowest BCUT2D eigenvalue weighted by molar-refractivity contribution is 0.415. The molecule has 4 heteroatoms. The van der Waals surface area contributed by atoms with E-state index >= 15 is 0 Å². The van der Waals surface area contributed by atoms with Crippen LogP contribution in [0.25, 0.3) is 10.9 Å². The minimum Gasteiger partial charge on any atom is -0.497 e. The molecular weight excluding hydrogens is 274 g/mol. The maximum Gasteiger partial charge on any atom is 0.121 e. The number of nitrogens with zero attached hydrogens (tertiary/aromatic N) is 1. The van der Waals surface area contributed by atoms with Crippen LogP contribution in [-0.2, 0) is 0 Å². The van der Waals surface area contributed by atoms with Crippen molar-refractivity contribution in [2.45, 2.75) is 39.2 Å². The maximum absolute atomic E-state index is 5.39. The molecule has 1 aromatic heterocycles. The summed E-state index contributed by atoms with van der Waals surface area (Å²) < 4.78 is 5.39. The highest BCUT2D eigenvalue weighted by atomic mass is 16.5. The minimum absolute atomic E-state index is 0.403. The number of aromatic nitrogens is 1. The predicted octanol–water partition coefficient (Wildman–Crippen LogP) is 3.82. The zero-order valence-electron chi connectivity index (χ0n) is 13.9. The Labute approximate surface area is 133 Å². The van der Waals surface area contributed by atoms with Crippen molar-refractivity contribution in [3.8, 4) is 5.75 Å². The van der Waals surface area contributed by atoms with Crippen molar-refractivity contribution in [2.24, 2.45) is 0 Å². The number of benzene rings is 1. The van der Waals surface area contributed by atoms with Crippen LogP contribution in [0.1, 0.15) is 33.1 Å². The number of hydrogen-bond acceptors (Lipinski definition) is 4. The first-order chi connectivity index (χ1) is 10.7. The quantitative estimate of drug-likeness (QED) is 0.691. The molecule has 0 unspecified atom stereocenters. The van der Waals surface area contributed by atoms with Crippen molar-refractivity contribution in [2.75, 3.05) is 25.5 Å². The van der Waals surface area contributed by atoms with E-state index in [9.17, 15) is 0 Å². The molecule has 0 spiro atoms. The molecule has 1 atom stereocenters. The van der Waals surface area contributed by atoms with Crippen LogP contribution in [0.3, 0.4) is 0 Å². The number of methoxy groups -OCH3 is 1. The van der Waals surface area contributed by atoms with Gasteiger partial charge < -0.3 is 15.4 Å². The number of hydrogen-bond donors (Lipinski definition) is 2. The molecule has 0 bridgehead atoms. The van der Waals surface area contributed by atoms with E-state index in [1.165, 1.54) is 12.8 Å². The Morgan fingerprint density at radius 3 is 2.91 bits per heavy atom. The summed E-state index contributed by atoms with van der Waals surface area (Å²) in [5.74, 6) is 0.861. The smallest absolute Gasteiger partial charge is 0.121 e. The van der Waals surface area contributed by atoms with Crippen LogP contribution < -0.4 is 15.4 Å². The van der Waals surface area contributed by atoms with E-state index in [4.69, 9.17) is 4.74 Å². The molecule has 1 aromatic carbocycles. The van der Waals surface area contributed by atoms with Gasteiger partial charge in [-0.15, -0.1) is 0 Å². The van der Waals surface area contributed by atoms with Gasteiger partial charge in [-0.25, -0.2) is 0 Å². The van der Waals surface area contributed by atoms with Gasteiger partial charge in [0, 0.05) is 23.7 Å². The highest BCUT2D eigenvalue weighted by molar-refractivity contribution is 5.91. The number of fused-ring (bicyclic) bond motifs is 1. The van der Waals surface area contributed by atoms with Crippen molar-refractivity contribution in [1.82, 2.24) is 10.3 Å². The molecule has 0 amide bonds. The summed E-state index contributed by atoms with van der Waals surface area (Å²) in [6.45, 7) is 6.59. The molecule has 0 saturated carbocycles. The van der Waals surface area contributed by atoms with Gasteiger partial charge in [-0.05, 0) is 51.4 Å². The third-order valence-electron chi connectivity index (χ3n) is 3.73. The zero-order valence-corrected chi connectivity index (χ0v) is 13.9. The van der Waals surface area contributed by atoms with E-state index in [1.807, 2.05) is 24.4 Å². The summed E-state index contributed by atoms with van der Waals surface area (Å²) >= 11 is 0. The summed E-state index contributed by atoms with van der Waals surface area (Å²) in [5.41, 5.74) is 2.04. The van der Waals surface area contributed by atoms with Gasteiger partial charge >= 0.3 is 0 Å². The fourth-order valence-electron chi connectivity index (χ4n) is 2.57. The van der Waals surface area contributed by atoms with Gasteiger partial charge in [0.15, 0.2) is 0 Å². The molecule has 4 nitrogen and oxygen atoms in total. The lowest BCUT2D eigenvalue weighted by atomic mass is 10.1. The molecule has 2 N–H and O–H groups in total. The van der Waals surface area contributed by atoms with Crippen LogP contribution in [0.5, 0.6) is 5.75 Å². The lowest BCUT2D eigenvalue weighted by Gasteiger charge is -2.17. The van der Waals surface area contributed by atoms with E-state index in [0.717, 1.165) is 41.9 Å². The number of nitrogens with one attached hydrogen (secondary N) is 2. The normalized spacial score (nSPS) is 12.3. The molecule has 1 heterocycles. The average Bonchev–Trinajstić information content (AvgIpc) is 2.54. The van der Waals surface area contributed by atoms with Crippen molar-refractivity contribution in [3.63, 3.8) is 0 Å². The molecule has 0 radical (unpaired) electrons. The first-order valence-electron chi connectivity index (χ1n) is 8.14. The largest absolute Gasteiger partial charge is 0.497 e. The van der Waals surface area contributed by atoms with E-state index < -0.39 is 0 Å². The van der Waals surface area contributed by atoms with Gasteiger partial charge in [-0.2, -0.15) is 0 Å². The Balaban J connectivity index is 2.00. The number of pyridine rings is 1. The van der Waals surface area contributed by atoms with E-state index in [2.05, 4.69) is 35.5 Å². The molecule has 0 aliphatic rings. The highest BCUT2D eigenvalue weighted by Gasteiger charge is 2.08. The topological polar surface area (TPSA) is 46.2 Å². The first kappa shape index (κ1) is 16.6. The second-order valence-corrected chi connectivity index (χ2v) is 5.69. The Kier molecular flexibility index (Phi) is 6.46. The van der Waals surface area contributed by atoms with Crippen LogP contribution in [0.2, 0.25) is 0 Å². The molecule has 0 aliphatic carbocycles. The SMILES string of the molecule is CCCNCCC[C@@H](C)Nc1cc(OC)cc2cccnc12. The molecule has 2 rings (SSSR count). The van der Waals surface area contributed by atoms with E-state index in [0.29, 0.717) is 6.04 Å². The second-order valence-electron chi connectivity index (χ2n) is 5.69.